The standard InChI is InChI=1S/C29H35N3O4/c1-29(2,3)25-17-23(14-15-26(25)35-19-21-10-6-4-7-11-21)16-24(18-31-27(30)33)32-28(34)36-20-22-12-8-5-9-13-22/h4-15,17,24H,16,18-20H2,1-3H3,(H,32,34)(H3,30,31,33). The molecule has 0 aromatic heterocycles. The van der Waals surface area contributed by atoms with Gasteiger partial charge in [-0.15, -0.1) is 0 Å². The molecule has 0 spiro atoms. The van der Waals surface area contributed by atoms with Gasteiger partial charge in [0.1, 0.15) is 19.0 Å². The molecule has 36 heavy (non-hydrogen) atoms. The number of carbonyl (C=O) groups is 2. The van der Waals surface area contributed by atoms with Crippen molar-refractivity contribution in [3.63, 3.8) is 0 Å². The predicted octanol–water partition coefficient (Wildman–Crippen LogP) is 5.07. The number of hydrogen-bond donors (Lipinski definition) is 3. The zero-order valence-electron chi connectivity index (χ0n) is 21.1. The number of carbonyl (C=O) groups excluding carboxylic acids is 2. The highest BCUT2D eigenvalue weighted by molar-refractivity contribution is 5.72. The molecule has 0 aliphatic carbocycles. The highest BCUT2D eigenvalue weighted by Crippen LogP contribution is 2.33. The van der Waals surface area contributed by atoms with Crippen LogP contribution in [0, 0.1) is 0 Å². The second kappa shape index (κ2) is 12.6. The van der Waals surface area contributed by atoms with E-state index in [1.54, 1.807) is 0 Å². The van der Waals surface area contributed by atoms with Crippen molar-refractivity contribution in [1.29, 1.82) is 0 Å². The molecule has 1 unspecified atom stereocenters. The number of rotatable bonds is 10. The van der Waals surface area contributed by atoms with Crippen LogP contribution in [0.5, 0.6) is 5.75 Å². The van der Waals surface area contributed by atoms with Crippen LogP contribution < -0.4 is 21.1 Å². The highest BCUT2D eigenvalue weighted by atomic mass is 16.5. The maximum absolute atomic E-state index is 12.5. The van der Waals surface area contributed by atoms with E-state index in [-0.39, 0.29) is 18.6 Å². The van der Waals surface area contributed by atoms with Crippen LogP contribution in [0.3, 0.4) is 0 Å². The van der Waals surface area contributed by atoms with E-state index in [2.05, 4.69) is 37.5 Å². The average Bonchev–Trinajstić information content (AvgIpc) is 2.86. The average molecular weight is 490 g/mol. The van der Waals surface area contributed by atoms with E-state index in [1.165, 1.54) is 0 Å². The van der Waals surface area contributed by atoms with Gasteiger partial charge in [-0.25, -0.2) is 9.59 Å². The van der Waals surface area contributed by atoms with Crippen molar-refractivity contribution in [2.24, 2.45) is 5.73 Å². The lowest BCUT2D eigenvalue weighted by Gasteiger charge is -2.25. The van der Waals surface area contributed by atoms with Crippen molar-refractivity contribution in [2.45, 2.75) is 51.9 Å². The third-order valence-corrected chi connectivity index (χ3v) is 5.63. The van der Waals surface area contributed by atoms with Gasteiger partial charge >= 0.3 is 12.1 Å². The molecule has 0 saturated carbocycles. The second-order valence-electron chi connectivity index (χ2n) is 9.71. The zero-order chi connectivity index (χ0) is 26.0. The Morgan fingerprint density at radius 2 is 1.47 bits per heavy atom. The Bertz CT molecular complexity index is 1130. The fourth-order valence-corrected chi connectivity index (χ4v) is 3.77. The summed E-state index contributed by atoms with van der Waals surface area (Å²) in [6, 6.07) is 24.4. The molecule has 1 atom stereocenters. The molecule has 0 radical (unpaired) electrons. The first-order valence-electron chi connectivity index (χ1n) is 12.0. The van der Waals surface area contributed by atoms with Crippen LogP contribution in [0.1, 0.15) is 43.0 Å². The van der Waals surface area contributed by atoms with Crippen molar-refractivity contribution >= 4 is 12.1 Å². The molecule has 3 rings (SSSR count). The van der Waals surface area contributed by atoms with Crippen LogP contribution in [0.4, 0.5) is 9.59 Å². The van der Waals surface area contributed by atoms with Crippen molar-refractivity contribution in [3.8, 4) is 5.75 Å². The number of hydrogen-bond acceptors (Lipinski definition) is 4. The van der Waals surface area contributed by atoms with Crippen molar-refractivity contribution in [3.05, 3.63) is 101 Å². The van der Waals surface area contributed by atoms with E-state index < -0.39 is 18.2 Å². The molecule has 7 nitrogen and oxygen atoms in total. The summed E-state index contributed by atoms with van der Waals surface area (Å²) < 4.78 is 11.5. The molecule has 3 amide bonds. The summed E-state index contributed by atoms with van der Waals surface area (Å²) in [7, 11) is 0. The van der Waals surface area contributed by atoms with Gasteiger partial charge in [-0.05, 0) is 40.2 Å². The number of ether oxygens (including phenoxy) is 2. The lowest BCUT2D eigenvalue weighted by atomic mass is 9.84. The zero-order valence-corrected chi connectivity index (χ0v) is 21.1. The summed E-state index contributed by atoms with van der Waals surface area (Å²) >= 11 is 0. The minimum absolute atomic E-state index is 0.157. The van der Waals surface area contributed by atoms with Crippen molar-refractivity contribution < 1.29 is 19.1 Å². The normalized spacial score (nSPS) is 11.9. The van der Waals surface area contributed by atoms with Gasteiger partial charge in [0.15, 0.2) is 0 Å². The van der Waals surface area contributed by atoms with Gasteiger partial charge in [-0.2, -0.15) is 0 Å². The smallest absolute Gasteiger partial charge is 0.407 e. The second-order valence-corrected chi connectivity index (χ2v) is 9.71. The van der Waals surface area contributed by atoms with Crippen LogP contribution in [0.15, 0.2) is 78.9 Å². The van der Waals surface area contributed by atoms with Gasteiger partial charge in [-0.1, -0.05) is 93.6 Å². The van der Waals surface area contributed by atoms with E-state index in [9.17, 15) is 9.59 Å². The van der Waals surface area contributed by atoms with Gasteiger partial charge in [0.2, 0.25) is 0 Å². The Morgan fingerprint density at radius 3 is 2.06 bits per heavy atom. The van der Waals surface area contributed by atoms with Gasteiger partial charge in [-0.3, -0.25) is 0 Å². The van der Waals surface area contributed by atoms with Crippen LogP contribution in [0.2, 0.25) is 0 Å². The summed E-state index contributed by atoms with van der Waals surface area (Å²) in [6.45, 7) is 7.20. The number of nitrogens with two attached hydrogens (primary N) is 1. The lowest BCUT2D eigenvalue weighted by molar-refractivity contribution is 0.135. The minimum atomic E-state index is -0.653. The van der Waals surface area contributed by atoms with Crippen molar-refractivity contribution in [1.82, 2.24) is 10.6 Å². The number of primary amides is 1. The molecule has 4 N–H and O–H groups in total. The molecular formula is C29H35N3O4. The van der Waals surface area contributed by atoms with Gasteiger partial charge < -0.3 is 25.8 Å². The first-order valence-corrected chi connectivity index (χ1v) is 12.0. The molecule has 0 saturated heterocycles. The number of amides is 3. The molecular weight excluding hydrogens is 454 g/mol. The largest absolute Gasteiger partial charge is 0.489 e. The molecule has 190 valence electrons. The lowest BCUT2D eigenvalue weighted by Crippen LogP contribution is -2.46. The van der Waals surface area contributed by atoms with E-state index in [4.69, 9.17) is 15.2 Å². The van der Waals surface area contributed by atoms with E-state index in [0.717, 1.165) is 28.0 Å². The quantitative estimate of drug-likeness (QED) is 0.370. The minimum Gasteiger partial charge on any atom is -0.489 e. The summed E-state index contributed by atoms with van der Waals surface area (Å²) in [5.41, 5.74) is 9.15. The summed E-state index contributed by atoms with van der Waals surface area (Å²) in [5.74, 6) is 0.817. The number of alkyl carbamates (subject to hydrolysis) is 1. The van der Waals surface area contributed by atoms with Gasteiger partial charge in [0, 0.05) is 6.54 Å². The number of urea groups is 1. The van der Waals surface area contributed by atoms with E-state index in [1.807, 2.05) is 72.8 Å². The van der Waals surface area contributed by atoms with E-state index >= 15 is 0 Å². The SMILES string of the molecule is CC(C)(C)c1cc(CC(CNC(N)=O)NC(=O)OCc2ccccc2)ccc1OCc1ccccc1. The Labute approximate surface area is 213 Å². The molecule has 0 fully saturated rings. The molecule has 3 aromatic rings. The molecule has 0 bridgehead atoms. The third-order valence-electron chi connectivity index (χ3n) is 5.63. The molecule has 7 heteroatoms. The molecule has 0 aliphatic heterocycles. The summed E-state index contributed by atoms with van der Waals surface area (Å²) in [6.07, 6.45) is -0.0862. The Kier molecular flexibility index (Phi) is 9.33. The fraction of sp³-hybridized carbons (Fsp3) is 0.310. The van der Waals surface area contributed by atoms with Crippen LogP contribution in [-0.2, 0) is 29.8 Å². The maximum Gasteiger partial charge on any atom is 0.407 e. The molecule has 0 aliphatic rings. The van der Waals surface area contributed by atoms with Crippen LogP contribution in [0.25, 0.3) is 0 Å². The number of benzene rings is 3. The Balaban J connectivity index is 1.70. The topological polar surface area (TPSA) is 103 Å². The fourth-order valence-electron chi connectivity index (χ4n) is 3.77. The first kappa shape index (κ1) is 26.6. The van der Waals surface area contributed by atoms with Gasteiger partial charge in [0.25, 0.3) is 0 Å². The van der Waals surface area contributed by atoms with Crippen LogP contribution in [-0.4, -0.2) is 24.7 Å². The monoisotopic (exact) mass is 489 g/mol. The van der Waals surface area contributed by atoms with Gasteiger partial charge in [0.05, 0.1) is 6.04 Å². The maximum atomic E-state index is 12.5. The summed E-state index contributed by atoms with van der Waals surface area (Å²) in [4.78, 5) is 23.8. The Morgan fingerprint density at radius 1 is 0.861 bits per heavy atom. The van der Waals surface area contributed by atoms with E-state index in [0.29, 0.717) is 13.0 Å². The van der Waals surface area contributed by atoms with Crippen molar-refractivity contribution in [2.75, 3.05) is 6.54 Å². The number of nitrogens with one attached hydrogen (secondary N) is 2. The predicted molar refractivity (Wildman–Crippen MR) is 141 cm³/mol. The third kappa shape index (κ3) is 8.65. The first-order chi connectivity index (χ1) is 17.2. The Hall–Kier alpha value is -4.00. The molecule has 3 aromatic carbocycles. The van der Waals surface area contributed by atoms with Crippen LogP contribution >= 0.6 is 0 Å². The highest BCUT2D eigenvalue weighted by Gasteiger charge is 2.22. The summed E-state index contributed by atoms with van der Waals surface area (Å²) in [5, 5.41) is 5.43. The molecule has 0 heterocycles.